The van der Waals surface area contributed by atoms with E-state index in [0.717, 1.165) is 12.5 Å². The Morgan fingerprint density at radius 3 is 2.22 bits per heavy atom. The topological polar surface area (TPSA) is 15.3 Å². The van der Waals surface area contributed by atoms with Crippen LogP contribution in [0, 0.1) is 5.92 Å². The van der Waals surface area contributed by atoms with Crippen molar-refractivity contribution in [3.05, 3.63) is 0 Å². The maximum absolute atomic E-state index is 3.83. The molecule has 2 nitrogen and oxygen atoms in total. The highest BCUT2D eigenvalue weighted by Gasteiger charge is 2.39. The molecule has 0 amide bonds. The Kier molecular flexibility index (Phi) is 6.65. The SMILES string of the molecule is CCCNC(CC(C)C)C(C)(CC)N1CCCC1. The van der Waals surface area contributed by atoms with Crippen LogP contribution in [0.2, 0.25) is 0 Å². The van der Waals surface area contributed by atoms with E-state index in [1.54, 1.807) is 0 Å². The van der Waals surface area contributed by atoms with Gasteiger partial charge >= 0.3 is 0 Å². The fraction of sp³-hybridized carbons (Fsp3) is 1.00. The van der Waals surface area contributed by atoms with E-state index >= 15 is 0 Å². The maximum Gasteiger partial charge on any atom is 0.0331 e. The first kappa shape index (κ1) is 16.0. The third-order valence-corrected chi connectivity index (χ3v) is 4.64. The fourth-order valence-electron chi connectivity index (χ4n) is 3.27. The fourth-order valence-corrected chi connectivity index (χ4v) is 3.27. The van der Waals surface area contributed by atoms with E-state index in [1.807, 2.05) is 0 Å². The standard InChI is InChI=1S/C16H34N2/c1-6-10-17-15(13-14(3)4)16(5,7-2)18-11-8-9-12-18/h14-15,17H,6-13H2,1-5H3. The molecule has 0 spiro atoms. The molecule has 18 heavy (non-hydrogen) atoms. The summed E-state index contributed by atoms with van der Waals surface area (Å²) in [6, 6.07) is 0.639. The zero-order valence-electron chi connectivity index (χ0n) is 13.3. The van der Waals surface area contributed by atoms with Gasteiger partial charge in [-0.2, -0.15) is 0 Å². The third kappa shape index (κ3) is 3.96. The van der Waals surface area contributed by atoms with Crippen molar-refractivity contribution in [2.75, 3.05) is 19.6 Å². The van der Waals surface area contributed by atoms with Gasteiger partial charge in [0.1, 0.15) is 0 Å². The van der Waals surface area contributed by atoms with Gasteiger partial charge in [0.05, 0.1) is 0 Å². The highest BCUT2D eigenvalue weighted by molar-refractivity contribution is 4.98. The van der Waals surface area contributed by atoms with Gasteiger partial charge in [0.15, 0.2) is 0 Å². The Morgan fingerprint density at radius 2 is 1.78 bits per heavy atom. The summed E-state index contributed by atoms with van der Waals surface area (Å²) >= 11 is 0. The second-order valence-corrected chi connectivity index (χ2v) is 6.54. The number of hydrogen-bond acceptors (Lipinski definition) is 2. The van der Waals surface area contributed by atoms with Gasteiger partial charge in [-0.3, -0.25) is 4.90 Å². The van der Waals surface area contributed by atoms with Crippen LogP contribution in [0.15, 0.2) is 0 Å². The Balaban J connectivity index is 2.75. The molecule has 1 aliphatic heterocycles. The van der Waals surface area contributed by atoms with Crippen LogP contribution in [-0.2, 0) is 0 Å². The molecular weight excluding hydrogens is 220 g/mol. The summed E-state index contributed by atoms with van der Waals surface area (Å²) in [4.78, 5) is 2.74. The molecule has 0 aromatic rings. The summed E-state index contributed by atoms with van der Waals surface area (Å²) in [6.07, 6.45) is 6.55. The van der Waals surface area contributed by atoms with E-state index < -0.39 is 0 Å². The molecule has 1 saturated heterocycles. The smallest absolute Gasteiger partial charge is 0.0331 e. The van der Waals surface area contributed by atoms with Crippen LogP contribution >= 0.6 is 0 Å². The van der Waals surface area contributed by atoms with Gasteiger partial charge in [0.2, 0.25) is 0 Å². The number of nitrogens with one attached hydrogen (secondary N) is 1. The average molecular weight is 254 g/mol. The molecule has 0 aromatic heterocycles. The van der Waals surface area contributed by atoms with Crippen molar-refractivity contribution in [2.45, 2.75) is 78.3 Å². The largest absolute Gasteiger partial charge is 0.312 e. The summed E-state index contributed by atoms with van der Waals surface area (Å²) in [5, 5.41) is 3.83. The van der Waals surface area contributed by atoms with Crippen LogP contribution in [0.4, 0.5) is 0 Å². The van der Waals surface area contributed by atoms with Gasteiger partial charge in [0.25, 0.3) is 0 Å². The number of hydrogen-bond donors (Lipinski definition) is 1. The van der Waals surface area contributed by atoms with Crippen LogP contribution in [0.1, 0.15) is 66.7 Å². The molecule has 1 rings (SSSR count). The molecule has 0 aliphatic carbocycles. The third-order valence-electron chi connectivity index (χ3n) is 4.64. The zero-order chi connectivity index (χ0) is 13.6. The van der Waals surface area contributed by atoms with Gasteiger partial charge in [-0.1, -0.05) is 27.7 Å². The van der Waals surface area contributed by atoms with E-state index in [4.69, 9.17) is 0 Å². The molecule has 1 aliphatic rings. The molecular formula is C16H34N2. The van der Waals surface area contributed by atoms with Crippen LogP contribution in [-0.4, -0.2) is 36.1 Å². The Morgan fingerprint density at radius 1 is 1.17 bits per heavy atom. The van der Waals surface area contributed by atoms with Crippen molar-refractivity contribution in [1.82, 2.24) is 10.2 Å². The van der Waals surface area contributed by atoms with E-state index in [-0.39, 0.29) is 0 Å². The first-order chi connectivity index (χ1) is 8.54. The second kappa shape index (κ2) is 7.49. The van der Waals surface area contributed by atoms with Gasteiger partial charge < -0.3 is 5.32 Å². The Hall–Kier alpha value is -0.0800. The predicted octanol–water partition coefficient (Wildman–Crippen LogP) is 3.67. The molecule has 0 radical (unpaired) electrons. The predicted molar refractivity (Wildman–Crippen MR) is 81.0 cm³/mol. The molecule has 108 valence electrons. The van der Waals surface area contributed by atoms with Crippen molar-refractivity contribution < 1.29 is 0 Å². The second-order valence-electron chi connectivity index (χ2n) is 6.54. The van der Waals surface area contributed by atoms with Crippen LogP contribution in [0.5, 0.6) is 0 Å². The minimum absolute atomic E-state index is 0.343. The molecule has 2 atom stereocenters. The van der Waals surface area contributed by atoms with E-state index in [9.17, 15) is 0 Å². The Labute approximate surface area is 115 Å². The molecule has 1 N–H and O–H groups in total. The molecule has 0 bridgehead atoms. The van der Waals surface area contributed by atoms with Crippen molar-refractivity contribution in [3.8, 4) is 0 Å². The van der Waals surface area contributed by atoms with Gasteiger partial charge in [-0.25, -0.2) is 0 Å². The normalized spacial score (nSPS) is 22.3. The molecule has 2 heteroatoms. The first-order valence-electron chi connectivity index (χ1n) is 8.03. The lowest BCUT2D eigenvalue weighted by molar-refractivity contribution is 0.0748. The lowest BCUT2D eigenvalue weighted by Gasteiger charge is -2.45. The quantitative estimate of drug-likeness (QED) is 0.711. The maximum atomic E-state index is 3.83. The van der Waals surface area contributed by atoms with E-state index in [2.05, 4.69) is 44.8 Å². The summed E-state index contributed by atoms with van der Waals surface area (Å²) < 4.78 is 0. The number of nitrogens with zero attached hydrogens (tertiary/aromatic N) is 1. The van der Waals surface area contributed by atoms with Crippen molar-refractivity contribution in [1.29, 1.82) is 0 Å². The highest BCUT2D eigenvalue weighted by atomic mass is 15.2. The number of likely N-dealkylation sites (tertiary alicyclic amines) is 1. The lowest BCUT2D eigenvalue weighted by Crippen LogP contribution is -2.59. The van der Waals surface area contributed by atoms with E-state index in [0.29, 0.717) is 11.6 Å². The summed E-state index contributed by atoms with van der Waals surface area (Å²) in [7, 11) is 0. The zero-order valence-corrected chi connectivity index (χ0v) is 13.3. The molecule has 1 heterocycles. The summed E-state index contributed by atoms with van der Waals surface area (Å²) in [5.74, 6) is 0.771. The minimum atomic E-state index is 0.343. The summed E-state index contributed by atoms with van der Waals surface area (Å²) in [5.41, 5.74) is 0.343. The highest BCUT2D eigenvalue weighted by Crippen LogP contribution is 2.30. The minimum Gasteiger partial charge on any atom is -0.312 e. The van der Waals surface area contributed by atoms with Gasteiger partial charge in [-0.15, -0.1) is 0 Å². The average Bonchev–Trinajstić information content (AvgIpc) is 2.87. The van der Waals surface area contributed by atoms with Crippen molar-refractivity contribution in [2.24, 2.45) is 5.92 Å². The molecule has 2 unspecified atom stereocenters. The van der Waals surface area contributed by atoms with E-state index in [1.165, 1.54) is 45.2 Å². The first-order valence-corrected chi connectivity index (χ1v) is 8.03. The van der Waals surface area contributed by atoms with Crippen LogP contribution < -0.4 is 5.32 Å². The monoisotopic (exact) mass is 254 g/mol. The summed E-state index contributed by atoms with van der Waals surface area (Å²) in [6.45, 7) is 15.5. The number of rotatable bonds is 8. The van der Waals surface area contributed by atoms with Crippen molar-refractivity contribution in [3.63, 3.8) is 0 Å². The molecule has 0 saturated carbocycles. The van der Waals surface area contributed by atoms with Crippen molar-refractivity contribution >= 4 is 0 Å². The molecule has 1 fully saturated rings. The Bertz CT molecular complexity index is 221. The van der Waals surface area contributed by atoms with Gasteiger partial charge in [0, 0.05) is 11.6 Å². The van der Waals surface area contributed by atoms with Crippen LogP contribution in [0.3, 0.4) is 0 Å². The van der Waals surface area contributed by atoms with Crippen LogP contribution in [0.25, 0.3) is 0 Å². The molecule has 0 aromatic carbocycles. The lowest BCUT2D eigenvalue weighted by atomic mass is 9.82. The van der Waals surface area contributed by atoms with Gasteiger partial charge in [-0.05, 0) is 64.6 Å².